The molecule has 0 aliphatic heterocycles. The van der Waals surface area contributed by atoms with Gasteiger partial charge in [-0.3, -0.25) is 0 Å². The third kappa shape index (κ3) is 1.64. The first-order chi connectivity index (χ1) is 8.78. The summed E-state index contributed by atoms with van der Waals surface area (Å²) in [6, 6.07) is 15.4. The monoisotopic (exact) mass is 237 g/mol. The molecule has 0 N–H and O–H groups in total. The standard InChI is InChI=1S/C15H8FNO/c16-12-6-5-11(9-17)13(8-12)15-7-10-3-1-2-4-14(10)18-15/h1-8H. The van der Waals surface area contributed by atoms with Crippen LogP contribution >= 0.6 is 0 Å². The molecule has 0 radical (unpaired) electrons. The highest BCUT2D eigenvalue weighted by Gasteiger charge is 2.11. The van der Waals surface area contributed by atoms with Gasteiger partial charge in [-0.05, 0) is 30.3 Å². The van der Waals surface area contributed by atoms with Crippen molar-refractivity contribution in [2.45, 2.75) is 0 Å². The molecule has 3 heteroatoms. The van der Waals surface area contributed by atoms with Crippen LogP contribution in [0.25, 0.3) is 22.3 Å². The van der Waals surface area contributed by atoms with Crippen molar-refractivity contribution in [3.8, 4) is 17.4 Å². The van der Waals surface area contributed by atoms with Crippen molar-refractivity contribution in [1.29, 1.82) is 5.26 Å². The van der Waals surface area contributed by atoms with Gasteiger partial charge in [-0.1, -0.05) is 18.2 Å². The number of nitriles is 1. The molecule has 1 aromatic heterocycles. The molecule has 0 saturated heterocycles. The van der Waals surface area contributed by atoms with Crippen LogP contribution in [0.5, 0.6) is 0 Å². The van der Waals surface area contributed by atoms with Gasteiger partial charge in [0.15, 0.2) is 0 Å². The molecule has 2 aromatic carbocycles. The van der Waals surface area contributed by atoms with Gasteiger partial charge in [0.05, 0.1) is 11.6 Å². The second kappa shape index (κ2) is 4.01. The molecule has 2 nitrogen and oxygen atoms in total. The Morgan fingerprint density at radius 3 is 2.67 bits per heavy atom. The number of hydrogen-bond acceptors (Lipinski definition) is 2. The molecular weight excluding hydrogens is 229 g/mol. The fourth-order valence-corrected chi connectivity index (χ4v) is 1.93. The second-order valence-electron chi connectivity index (χ2n) is 3.95. The van der Waals surface area contributed by atoms with E-state index in [0.29, 0.717) is 16.9 Å². The Kier molecular flexibility index (Phi) is 2.35. The van der Waals surface area contributed by atoms with Gasteiger partial charge in [-0.2, -0.15) is 5.26 Å². The van der Waals surface area contributed by atoms with Crippen molar-refractivity contribution in [3.63, 3.8) is 0 Å². The van der Waals surface area contributed by atoms with Crippen LogP contribution in [0, 0.1) is 17.1 Å². The summed E-state index contributed by atoms with van der Waals surface area (Å²) in [6.45, 7) is 0. The summed E-state index contributed by atoms with van der Waals surface area (Å²) >= 11 is 0. The minimum Gasteiger partial charge on any atom is -0.456 e. The van der Waals surface area contributed by atoms with Crippen LogP contribution in [-0.4, -0.2) is 0 Å². The number of benzene rings is 2. The molecule has 3 aromatic rings. The molecule has 1 heterocycles. The first-order valence-electron chi connectivity index (χ1n) is 5.46. The molecule has 0 amide bonds. The summed E-state index contributed by atoms with van der Waals surface area (Å²) in [6.07, 6.45) is 0. The van der Waals surface area contributed by atoms with Gasteiger partial charge in [0.1, 0.15) is 17.2 Å². The van der Waals surface area contributed by atoms with Gasteiger partial charge in [0, 0.05) is 10.9 Å². The van der Waals surface area contributed by atoms with Crippen molar-refractivity contribution in [3.05, 3.63) is 59.9 Å². The summed E-state index contributed by atoms with van der Waals surface area (Å²) in [5, 5.41) is 9.96. The molecule has 0 bridgehead atoms. The van der Waals surface area contributed by atoms with Gasteiger partial charge >= 0.3 is 0 Å². The summed E-state index contributed by atoms with van der Waals surface area (Å²) in [7, 11) is 0. The fourth-order valence-electron chi connectivity index (χ4n) is 1.93. The van der Waals surface area contributed by atoms with E-state index in [1.807, 2.05) is 36.4 Å². The van der Waals surface area contributed by atoms with Crippen molar-refractivity contribution in [2.75, 3.05) is 0 Å². The number of halogens is 1. The molecule has 0 spiro atoms. The van der Waals surface area contributed by atoms with E-state index in [2.05, 4.69) is 0 Å². The van der Waals surface area contributed by atoms with Crippen molar-refractivity contribution in [2.24, 2.45) is 0 Å². The minimum atomic E-state index is -0.385. The van der Waals surface area contributed by atoms with E-state index in [-0.39, 0.29) is 5.82 Å². The Morgan fingerprint density at radius 1 is 1.06 bits per heavy atom. The maximum atomic E-state index is 13.3. The zero-order chi connectivity index (χ0) is 12.5. The van der Waals surface area contributed by atoms with Crippen LogP contribution in [0.3, 0.4) is 0 Å². The normalized spacial score (nSPS) is 10.4. The maximum Gasteiger partial charge on any atom is 0.136 e. The topological polar surface area (TPSA) is 36.9 Å². The lowest BCUT2D eigenvalue weighted by Crippen LogP contribution is -1.84. The number of hydrogen-bond donors (Lipinski definition) is 0. The largest absolute Gasteiger partial charge is 0.456 e. The second-order valence-corrected chi connectivity index (χ2v) is 3.95. The number of nitrogens with zero attached hydrogens (tertiary/aromatic N) is 1. The van der Waals surface area contributed by atoms with Crippen molar-refractivity contribution >= 4 is 11.0 Å². The lowest BCUT2D eigenvalue weighted by atomic mass is 10.1. The molecular formula is C15H8FNO. The van der Waals surface area contributed by atoms with E-state index >= 15 is 0 Å². The zero-order valence-corrected chi connectivity index (χ0v) is 9.35. The Balaban J connectivity index is 2.26. The predicted octanol–water partition coefficient (Wildman–Crippen LogP) is 4.11. The maximum absolute atomic E-state index is 13.3. The smallest absolute Gasteiger partial charge is 0.136 e. The van der Waals surface area contributed by atoms with Crippen LogP contribution in [-0.2, 0) is 0 Å². The minimum absolute atomic E-state index is 0.385. The third-order valence-corrected chi connectivity index (χ3v) is 2.79. The summed E-state index contributed by atoms with van der Waals surface area (Å²) in [5.41, 5.74) is 1.60. The zero-order valence-electron chi connectivity index (χ0n) is 9.35. The predicted molar refractivity (Wildman–Crippen MR) is 66.3 cm³/mol. The Morgan fingerprint density at radius 2 is 1.89 bits per heavy atom. The Labute approximate surface area is 103 Å². The van der Waals surface area contributed by atoms with Gasteiger partial charge in [0.25, 0.3) is 0 Å². The van der Waals surface area contributed by atoms with Crippen LogP contribution in [0.15, 0.2) is 52.9 Å². The summed E-state index contributed by atoms with van der Waals surface area (Å²) < 4.78 is 18.9. The lowest BCUT2D eigenvalue weighted by molar-refractivity contribution is 0.618. The molecule has 0 unspecified atom stereocenters. The lowest BCUT2D eigenvalue weighted by Gasteiger charge is -1.99. The molecule has 86 valence electrons. The average molecular weight is 237 g/mol. The van der Waals surface area contributed by atoms with Crippen molar-refractivity contribution < 1.29 is 8.81 Å². The van der Waals surface area contributed by atoms with E-state index in [1.54, 1.807) is 0 Å². The molecule has 0 aliphatic carbocycles. The van der Waals surface area contributed by atoms with Gasteiger partial charge in [0.2, 0.25) is 0 Å². The van der Waals surface area contributed by atoms with Crippen LogP contribution in [0.4, 0.5) is 4.39 Å². The Hall–Kier alpha value is -2.60. The molecule has 0 atom stereocenters. The van der Waals surface area contributed by atoms with E-state index in [9.17, 15) is 4.39 Å². The number of rotatable bonds is 1. The third-order valence-electron chi connectivity index (χ3n) is 2.79. The van der Waals surface area contributed by atoms with Gasteiger partial charge in [-0.25, -0.2) is 4.39 Å². The first kappa shape index (κ1) is 10.5. The Bertz CT molecular complexity index is 735. The van der Waals surface area contributed by atoms with Crippen LogP contribution in [0.1, 0.15) is 5.56 Å². The molecule has 3 rings (SSSR count). The number of fused-ring (bicyclic) bond motifs is 1. The molecule has 0 fully saturated rings. The van der Waals surface area contributed by atoms with Gasteiger partial charge in [-0.15, -0.1) is 0 Å². The molecule has 18 heavy (non-hydrogen) atoms. The van der Waals surface area contributed by atoms with Crippen LogP contribution < -0.4 is 0 Å². The average Bonchev–Trinajstić information content (AvgIpc) is 2.82. The first-order valence-corrected chi connectivity index (χ1v) is 5.46. The SMILES string of the molecule is N#Cc1ccc(F)cc1-c1cc2ccccc2o1. The summed E-state index contributed by atoms with van der Waals surface area (Å²) in [5.74, 6) is 0.122. The fraction of sp³-hybridized carbons (Fsp3) is 0. The van der Waals surface area contributed by atoms with Crippen molar-refractivity contribution in [1.82, 2.24) is 0 Å². The highest BCUT2D eigenvalue weighted by molar-refractivity contribution is 5.83. The number of para-hydroxylation sites is 1. The van der Waals surface area contributed by atoms with E-state index < -0.39 is 0 Å². The van der Waals surface area contributed by atoms with Gasteiger partial charge < -0.3 is 4.42 Å². The summed E-state index contributed by atoms with van der Waals surface area (Å²) in [4.78, 5) is 0. The van der Waals surface area contributed by atoms with E-state index in [1.165, 1.54) is 18.2 Å². The van der Waals surface area contributed by atoms with E-state index in [0.717, 1.165) is 11.0 Å². The number of furan rings is 1. The quantitative estimate of drug-likeness (QED) is 0.638. The van der Waals surface area contributed by atoms with Crippen LogP contribution in [0.2, 0.25) is 0 Å². The molecule has 0 saturated carbocycles. The highest BCUT2D eigenvalue weighted by Crippen LogP contribution is 2.30. The molecule has 0 aliphatic rings. The highest BCUT2D eigenvalue weighted by atomic mass is 19.1. The van der Waals surface area contributed by atoms with E-state index in [4.69, 9.17) is 9.68 Å².